The molecule has 1 aromatic heterocycles. The van der Waals surface area contributed by atoms with E-state index in [1.807, 2.05) is 6.92 Å². The minimum Gasteiger partial charge on any atom is -0.463 e. The smallest absolute Gasteiger partial charge is 0.322 e. The molecule has 0 atom stereocenters. The Hall–Kier alpha value is -1.36. The zero-order chi connectivity index (χ0) is 11.1. The van der Waals surface area contributed by atoms with Gasteiger partial charge in [0.1, 0.15) is 0 Å². The lowest BCUT2D eigenvalue weighted by Gasteiger charge is -2.05. The van der Waals surface area contributed by atoms with Gasteiger partial charge in [0, 0.05) is 6.54 Å². The second-order valence-electron chi connectivity index (χ2n) is 2.67. The van der Waals surface area contributed by atoms with Crippen LogP contribution in [0.15, 0.2) is 12.7 Å². The van der Waals surface area contributed by atoms with E-state index < -0.39 is 0 Å². The lowest BCUT2D eigenvalue weighted by Crippen LogP contribution is -2.07. The van der Waals surface area contributed by atoms with Gasteiger partial charge in [0.2, 0.25) is 11.2 Å². The maximum Gasteiger partial charge on any atom is 0.322 e. The van der Waals surface area contributed by atoms with E-state index in [9.17, 15) is 0 Å². The Kier molecular flexibility index (Phi) is 4.83. The Labute approximate surface area is 93.6 Å². The summed E-state index contributed by atoms with van der Waals surface area (Å²) in [5, 5.41) is 3.05. The van der Waals surface area contributed by atoms with Crippen LogP contribution in [-0.2, 0) is 0 Å². The molecule has 0 fully saturated rings. The van der Waals surface area contributed by atoms with Crippen molar-refractivity contribution < 1.29 is 4.74 Å². The molecule has 0 amide bonds. The molecule has 0 bridgehead atoms. The number of ether oxygens (including phenoxy) is 1. The molecule has 0 saturated heterocycles. The largest absolute Gasteiger partial charge is 0.463 e. The number of aromatic nitrogens is 3. The van der Waals surface area contributed by atoms with E-state index >= 15 is 0 Å². The Bertz CT molecular complexity index is 332. The maximum atomic E-state index is 5.70. The van der Waals surface area contributed by atoms with Crippen LogP contribution in [0.3, 0.4) is 0 Å². The summed E-state index contributed by atoms with van der Waals surface area (Å²) in [7, 11) is 0. The molecule has 82 valence electrons. The quantitative estimate of drug-likeness (QED) is 0.595. The van der Waals surface area contributed by atoms with Crippen molar-refractivity contribution in [2.75, 3.05) is 18.5 Å². The minimum absolute atomic E-state index is 0.120. The highest BCUT2D eigenvalue weighted by Gasteiger charge is 2.04. The molecule has 0 saturated carbocycles. The number of hydrogen-bond acceptors (Lipinski definition) is 5. The fourth-order valence-electron chi connectivity index (χ4n) is 0.867. The SMILES string of the molecule is C=CCCOc1nc(Cl)nc(NCC)n1. The predicted octanol–water partition coefficient (Wildman–Crippen LogP) is 1.91. The fraction of sp³-hybridized carbons (Fsp3) is 0.444. The van der Waals surface area contributed by atoms with Gasteiger partial charge in [0.25, 0.3) is 0 Å². The van der Waals surface area contributed by atoms with Crippen LogP contribution >= 0.6 is 11.6 Å². The van der Waals surface area contributed by atoms with E-state index in [1.54, 1.807) is 6.08 Å². The van der Waals surface area contributed by atoms with E-state index in [0.717, 1.165) is 6.42 Å². The number of hydrogen-bond donors (Lipinski definition) is 1. The van der Waals surface area contributed by atoms with Gasteiger partial charge < -0.3 is 10.1 Å². The molecule has 0 aromatic carbocycles. The van der Waals surface area contributed by atoms with E-state index in [-0.39, 0.29) is 11.3 Å². The summed E-state index contributed by atoms with van der Waals surface area (Å²) in [6.45, 7) is 6.72. The number of anilines is 1. The molecule has 0 aliphatic carbocycles. The van der Waals surface area contributed by atoms with Gasteiger partial charge in [0.15, 0.2) is 0 Å². The van der Waals surface area contributed by atoms with Gasteiger partial charge in [-0.2, -0.15) is 15.0 Å². The van der Waals surface area contributed by atoms with Crippen LogP contribution in [-0.4, -0.2) is 28.1 Å². The molecule has 0 aliphatic rings. The fourth-order valence-corrected chi connectivity index (χ4v) is 1.02. The summed E-state index contributed by atoms with van der Waals surface area (Å²) in [6.07, 6.45) is 2.49. The summed E-state index contributed by atoms with van der Waals surface area (Å²) in [5.74, 6) is 0.422. The van der Waals surface area contributed by atoms with Crippen LogP contribution in [0.2, 0.25) is 5.28 Å². The van der Waals surface area contributed by atoms with Gasteiger partial charge in [-0.1, -0.05) is 6.08 Å². The summed E-state index contributed by atoms with van der Waals surface area (Å²) in [4.78, 5) is 11.7. The number of nitrogens with zero attached hydrogens (tertiary/aromatic N) is 3. The van der Waals surface area contributed by atoms with Crippen LogP contribution in [0, 0.1) is 0 Å². The van der Waals surface area contributed by atoms with Crippen molar-refractivity contribution in [3.63, 3.8) is 0 Å². The molecule has 5 nitrogen and oxygen atoms in total. The summed E-state index contributed by atoms with van der Waals surface area (Å²) < 4.78 is 5.26. The predicted molar refractivity (Wildman–Crippen MR) is 59.3 cm³/mol. The zero-order valence-corrected chi connectivity index (χ0v) is 9.29. The molecule has 0 spiro atoms. The molecule has 0 radical (unpaired) electrons. The number of nitrogens with one attached hydrogen (secondary N) is 1. The van der Waals surface area contributed by atoms with Crippen molar-refractivity contribution in [3.8, 4) is 6.01 Å². The highest BCUT2D eigenvalue weighted by molar-refractivity contribution is 6.28. The van der Waals surface area contributed by atoms with Crippen LogP contribution < -0.4 is 10.1 Å². The molecule has 0 unspecified atom stereocenters. The van der Waals surface area contributed by atoms with Crippen molar-refractivity contribution >= 4 is 17.5 Å². The first-order valence-corrected chi connectivity index (χ1v) is 5.03. The third-order valence-corrected chi connectivity index (χ3v) is 1.64. The molecule has 1 aromatic rings. The van der Waals surface area contributed by atoms with Gasteiger partial charge in [-0.25, -0.2) is 0 Å². The molecule has 6 heteroatoms. The topological polar surface area (TPSA) is 59.9 Å². The molecule has 1 rings (SSSR count). The molecule has 1 N–H and O–H groups in total. The summed E-state index contributed by atoms with van der Waals surface area (Å²) >= 11 is 5.70. The van der Waals surface area contributed by atoms with Gasteiger partial charge in [-0.15, -0.1) is 6.58 Å². The van der Waals surface area contributed by atoms with Gasteiger partial charge in [-0.3, -0.25) is 0 Å². The van der Waals surface area contributed by atoms with Gasteiger partial charge in [-0.05, 0) is 24.9 Å². The Morgan fingerprint density at radius 3 is 2.93 bits per heavy atom. The standard InChI is InChI=1S/C9H13ClN4O/c1-3-5-6-15-9-13-7(10)12-8(14-9)11-4-2/h3H,1,4-6H2,2H3,(H,11,12,13,14). The van der Waals surface area contributed by atoms with Crippen molar-refractivity contribution in [2.24, 2.45) is 0 Å². The molecular formula is C9H13ClN4O. The molecular weight excluding hydrogens is 216 g/mol. The molecule has 1 heterocycles. The number of halogens is 1. The van der Waals surface area contributed by atoms with Crippen LogP contribution in [0.1, 0.15) is 13.3 Å². The van der Waals surface area contributed by atoms with Crippen molar-refractivity contribution in [1.82, 2.24) is 15.0 Å². The van der Waals surface area contributed by atoms with E-state index in [4.69, 9.17) is 16.3 Å². The van der Waals surface area contributed by atoms with Crippen LogP contribution in [0.25, 0.3) is 0 Å². The lowest BCUT2D eigenvalue weighted by molar-refractivity contribution is 0.298. The zero-order valence-electron chi connectivity index (χ0n) is 8.53. The van der Waals surface area contributed by atoms with Crippen molar-refractivity contribution in [2.45, 2.75) is 13.3 Å². The first-order valence-electron chi connectivity index (χ1n) is 4.65. The molecule has 0 aliphatic heterocycles. The second-order valence-corrected chi connectivity index (χ2v) is 3.00. The Morgan fingerprint density at radius 1 is 1.47 bits per heavy atom. The molecule has 15 heavy (non-hydrogen) atoms. The minimum atomic E-state index is 0.120. The summed E-state index contributed by atoms with van der Waals surface area (Å²) in [5.41, 5.74) is 0. The average Bonchev–Trinajstić information content (AvgIpc) is 2.18. The first kappa shape index (κ1) is 11.7. The van der Waals surface area contributed by atoms with Gasteiger partial charge in [0.05, 0.1) is 6.61 Å². The number of rotatable bonds is 6. The van der Waals surface area contributed by atoms with E-state index in [2.05, 4.69) is 26.8 Å². The van der Waals surface area contributed by atoms with E-state index in [1.165, 1.54) is 0 Å². The normalized spacial score (nSPS) is 9.73. The Morgan fingerprint density at radius 2 is 2.27 bits per heavy atom. The van der Waals surface area contributed by atoms with Gasteiger partial charge >= 0.3 is 6.01 Å². The Balaban J connectivity index is 2.65. The highest BCUT2D eigenvalue weighted by Crippen LogP contribution is 2.11. The maximum absolute atomic E-state index is 5.70. The average molecular weight is 229 g/mol. The third kappa shape index (κ3) is 4.12. The van der Waals surface area contributed by atoms with E-state index in [0.29, 0.717) is 19.1 Å². The third-order valence-electron chi connectivity index (χ3n) is 1.48. The summed E-state index contributed by atoms with van der Waals surface area (Å²) in [6, 6.07) is 0.229. The van der Waals surface area contributed by atoms with Crippen molar-refractivity contribution in [1.29, 1.82) is 0 Å². The van der Waals surface area contributed by atoms with Crippen molar-refractivity contribution in [3.05, 3.63) is 17.9 Å². The lowest BCUT2D eigenvalue weighted by atomic mass is 10.5. The second kappa shape index (κ2) is 6.19. The monoisotopic (exact) mass is 228 g/mol. The first-order chi connectivity index (χ1) is 7.26. The van der Waals surface area contributed by atoms with Crippen LogP contribution in [0.4, 0.5) is 5.95 Å². The van der Waals surface area contributed by atoms with Crippen LogP contribution in [0.5, 0.6) is 6.01 Å². The highest BCUT2D eigenvalue weighted by atomic mass is 35.5.